The Bertz CT molecular complexity index is 871. The molecule has 0 spiro atoms. The predicted molar refractivity (Wildman–Crippen MR) is 85.4 cm³/mol. The molecule has 6 heteroatoms. The van der Waals surface area contributed by atoms with E-state index in [1.54, 1.807) is 18.4 Å². The van der Waals surface area contributed by atoms with Crippen LogP contribution in [0.25, 0.3) is 22.4 Å². The summed E-state index contributed by atoms with van der Waals surface area (Å²) in [4.78, 5) is 16.3. The molecule has 0 atom stereocenters. The summed E-state index contributed by atoms with van der Waals surface area (Å²) in [7, 11) is 1.71. The Hall–Kier alpha value is -1.92. The second-order valence-electron chi connectivity index (χ2n) is 5.57. The summed E-state index contributed by atoms with van der Waals surface area (Å²) in [5.41, 5.74) is 3.33. The average molecular weight is 316 g/mol. The largest absolute Gasteiger partial charge is 0.419 e. The lowest BCUT2D eigenvalue weighted by Crippen LogP contribution is -2.13. The molecule has 4 rings (SSSR count). The van der Waals surface area contributed by atoms with Gasteiger partial charge in [0.1, 0.15) is 0 Å². The molecule has 3 heterocycles. The number of nitrogens with zero attached hydrogens (tertiary/aromatic N) is 2. The molecule has 3 aromatic rings. The van der Waals surface area contributed by atoms with Crippen molar-refractivity contribution in [1.29, 1.82) is 0 Å². The van der Waals surface area contributed by atoms with E-state index in [9.17, 15) is 4.79 Å². The maximum Gasteiger partial charge on any atom is 0.419 e. The molecule has 1 fully saturated rings. The molecule has 1 aliphatic rings. The fourth-order valence-corrected chi connectivity index (χ4v) is 3.85. The van der Waals surface area contributed by atoms with Gasteiger partial charge in [0.15, 0.2) is 5.58 Å². The first-order valence-corrected chi connectivity index (χ1v) is 8.23. The number of aromatic nitrogens is 2. The van der Waals surface area contributed by atoms with Gasteiger partial charge in [0.05, 0.1) is 16.2 Å². The normalized spacial score (nSPS) is 16.4. The van der Waals surface area contributed by atoms with E-state index in [1.165, 1.54) is 9.57 Å². The number of hydrogen-bond donors (Lipinski definition) is 0. The SMILES string of the molecule is Cn1c(=O)oc2cc(-c3csc(C4CCOCC4)n3)ccc21. The zero-order chi connectivity index (χ0) is 15.1. The molecule has 5 nitrogen and oxygen atoms in total. The highest BCUT2D eigenvalue weighted by Gasteiger charge is 2.19. The fourth-order valence-electron chi connectivity index (χ4n) is 2.85. The molecule has 114 valence electrons. The molecular formula is C16H16N2O3S. The molecule has 1 saturated heterocycles. The molecular weight excluding hydrogens is 300 g/mol. The summed E-state index contributed by atoms with van der Waals surface area (Å²) >= 11 is 1.70. The number of aryl methyl sites for hydroxylation is 1. The van der Waals surface area contributed by atoms with Crippen molar-refractivity contribution < 1.29 is 9.15 Å². The molecule has 0 bridgehead atoms. The highest BCUT2D eigenvalue weighted by molar-refractivity contribution is 7.10. The van der Waals surface area contributed by atoms with Crippen LogP contribution in [0.4, 0.5) is 0 Å². The standard InChI is InChI=1S/C16H16N2O3S/c1-18-13-3-2-11(8-14(13)21-16(18)19)12-9-22-15(17-12)10-4-6-20-7-5-10/h2-3,8-10H,4-7H2,1H3. The number of oxazole rings is 1. The van der Waals surface area contributed by atoms with Crippen LogP contribution in [0.2, 0.25) is 0 Å². The molecule has 1 aliphatic heterocycles. The molecule has 0 saturated carbocycles. The van der Waals surface area contributed by atoms with Crippen molar-refractivity contribution in [3.8, 4) is 11.3 Å². The zero-order valence-electron chi connectivity index (χ0n) is 12.2. The summed E-state index contributed by atoms with van der Waals surface area (Å²) in [6.07, 6.45) is 2.08. The minimum atomic E-state index is -0.340. The van der Waals surface area contributed by atoms with E-state index < -0.39 is 0 Å². The zero-order valence-corrected chi connectivity index (χ0v) is 13.1. The van der Waals surface area contributed by atoms with Crippen LogP contribution in [0.5, 0.6) is 0 Å². The predicted octanol–water partition coefficient (Wildman–Crippen LogP) is 3.15. The topological polar surface area (TPSA) is 57.3 Å². The van der Waals surface area contributed by atoms with Gasteiger partial charge >= 0.3 is 5.76 Å². The quantitative estimate of drug-likeness (QED) is 0.729. The Morgan fingerprint density at radius 3 is 2.95 bits per heavy atom. The monoisotopic (exact) mass is 316 g/mol. The average Bonchev–Trinajstić information content (AvgIpc) is 3.14. The third-order valence-corrected chi connectivity index (χ3v) is 5.19. The van der Waals surface area contributed by atoms with Gasteiger partial charge in [-0.15, -0.1) is 11.3 Å². The van der Waals surface area contributed by atoms with Crippen molar-refractivity contribution in [2.75, 3.05) is 13.2 Å². The number of hydrogen-bond acceptors (Lipinski definition) is 5. The molecule has 0 N–H and O–H groups in total. The number of rotatable bonds is 2. The van der Waals surface area contributed by atoms with Crippen molar-refractivity contribution >= 4 is 22.4 Å². The van der Waals surface area contributed by atoms with Gasteiger partial charge in [-0.2, -0.15) is 0 Å². The van der Waals surface area contributed by atoms with Crippen LogP contribution in [0.15, 0.2) is 32.8 Å². The van der Waals surface area contributed by atoms with Crippen molar-refractivity contribution in [3.63, 3.8) is 0 Å². The summed E-state index contributed by atoms with van der Waals surface area (Å²) in [5, 5.41) is 3.25. The van der Waals surface area contributed by atoms with Crippen LogP contribution >= 0.6 is 11.3 Å². The first kappa shape index (κ1) is 13.7. The van der Waals surface area contributed by atoms with Crippen molar-refractivity contribution in [1.82, 2.24) is 9.55 Å². The Labute approximate surface area is 131 Å². The van der Waals surface area contributed by atoms with Gasteiger partial charge in [-0.1, -0.05) is 6.07 Å². The number of ether oxygens (including phenoxy) is 1. The van der Waals surface area contributed by atoms with Gasteiger partial charge in [-0.25, -0.2) is 9.78 Å². The molecule has 0 unspecified atom stereocenters. The summed E-state index contributed by atoms with van der Waals surface area (Å²) in [6.45, 7) is 1.64. The summed E-state index contributed by atoms with van der Waals surface area (Å²) in [5.74, 6) is 0.166. The lowest BCUT2D eigenvalue weighted by molar-refractivity contribution is 0.0853. The third kappa shape index (κ3) is 2.28. The lowest BCUT2D eigenvalue weighted by atomic mass is 10.0. The van der Waals surface area contributed by atoms with Crippen LogP contribution in [0.1, 0.15) is 23.8 Å². The van der Waals surface area contributed by atoms with Crippen LogP contribution in [-0.2, 0) is 11.8 Å². The maximum atomic E-state index is 11.6. The van der Waals surface area contributed by atoms with Gasteiger partial charge in [0, 0.05) is 37.1 Å². The second-order valence-corrected chi connectivity index (χ2v) is 6.46. The van der Waals surface area contributed by atoms with Crippen molar-refractivity contribution in [2.45, 2.75) is 18.8 Å². The minimum absolute atomic E-state index is 0.340. The highest BCUT2D eigenvalue weighted by Crippen LogP contribution is 2.32. The fraction of sp³-hybridized carbons (Fsp3) is 0.375. The Balaban J connectivity index is 1.69. The lowest BCUT2D eigenvalue weighted by Gasteiger charge is -2.19. The number of fused-ring (bicyclic) bond motifs is 1. The van der Waals surface area contributed by atoms with E-state index in [0.29, 0.717) is 11.5 Å². The van der Waals surface area contributed by atoms with Crippen molar-refractivity contribution in [3.05, 3.63) is 39.1 Å². The van der Waals surface area contributed by atoms with E-state index in [-0.39, 0.29) is 5.76 Å². The Morgan fingerprint density at radius 1 is 1.32 bits per heavy atom. The Morgan fingerprint density at radius 2 is 2.14 bits per heavy atom. The number of thiazole rings is 1. The van der Waals surface area contributed by atoms with Crippen molar-refractivity contribution in [2.24, 2.45) is 7.05 Å². The van der Waals surface area contributed by atoms with Crippen LogP contribution in [0, 0.1) is 0 Å². The number of benzene rings is 1. The molecule has 1 aromatic carbocycles. The summed E-state index contributed by atoms with van der Waals surface area (Å²) < 4.78 is 12.2. The highest BCUT2D eigenvalue weighted by atomic mass is 32.1. The van der Waals surface area contributed by atoms with E-state index in [1.807, 2.05) is 18.2 Å². The molecule has 0 aliphatic carbocycles. The van der Waals surface area contributed by atoms with Gasteiger partial charge in [0.25, 0.3) is 0 Å². The van der Waals surface area contributed by atoms with Gasteiger partial charge < -0.3 is 9.15 Å². The van der Waals surface area contributed by atoms with Crippen LogP contribution in [-0.4, -0.2) is 22.8 Å². The van der Waals surface area contributed by atoms with Gasteiger partial charge in [0.2, 0.25) is 0 Å². The van der Waals surface area contributed by atoms with Crippen LogP contribution < -0.4 is 5.76 Å². The second kappa shape index (κ2) is 5.37. The summed E-state index contributed by atoms with van der Waals surface area (Å²) in [6, 6.07) is 5.78. The maximum absolute atomic E-state index is 11.6. The van der Waals surface area contributed by atoms with E-state index >= 15 is 0 Å². The molecule has 0 amide bonds. The third-order valence-electron chi connectivity index (χ3n) is 4.18. The Kier molecular flexibility index (Phi) is 3.35. The first-order valence-electron chi connectivity index (χ1n) is 7.35. The smallest absolute Gasteiger partial charge is 0.408 e. The first-order chi connectivity index (χ1) is 10.7. The van der Waals surface area contributed by atoms with Crippen LogP contribution in [0.3, 0.4) is 0 Å². The van der Waals surface area contributed by atoms with E-state index in [2.05, 4.69) is 5.38 Å². The minimum Gasteiger partial charge on any atom is -0.408 e. The van der Waals surface area contributed by atoms with Gasteiger partial charge in [-0.3, -0.25) is 4.57 Å². The van der Waals surface area contributed by atoms with Gasteiger partial charge in [-0.05, 0) is 25.0 Å². The molecule has 2 aromatic heterocycles. The molecule has 0 radical (unpaired) electrons. The molecule has 22 heavy (non-hydrogen) atoms. The van der Waals surface area contributed by atoms with E-state index in [0.717, 1.165) is 42.8 Å². The van der Waals surface area contributed by atoms with E-state index in [4.69, 9.17) is 14.1 Å².